The predicted octanol–water partition coefficient (Wildman–Crippen LogP) is 5.02. The average molecular weight is 475 g/mol. The zero-order valence-corrected chi connectivity index (χ0v) is 18.2. The Morgan fingerprint density at radius 2 is 1.79 bits per heavy atom. The lowest BCUT2D eigenvalue weighted by molar-refractivity contribution is 0.373. The number of phenolic OH excluding ortho intramolecular Hbond substituents is 1. The molecule has 0 spiro atoms. The molecule has 3 aromatic carbocycles. The van der Waals surface area contributed by atoms with Gasteiger partial charge in [-0.05, 0) is 43.3 Å². The molecule has 0 aliphatic rings. The normalized spacial score (nSPS) is 11.6. The summed E-state index contributed by atoms with van der Waals surface area (Å²) in [7, 11) is -2.31. The summed E-state index contributed by atoms with van der Waals surface area (Å²) < 4.78 is 33.8. The monoisotopic (exact) mass is 474 g/mol. The first-order valence-corrected chi connectivity index (χ1v) is 10.9. The number of halogens is 1. The van der Waals surface area contributed by atoms with Crippen molar-refractivity contribution in [2.24, 2.45) is 4.99 Å². The van der Waals surface area contributed by atoms with Gasteiger partial charge in [0.05, 0.1) is 23.4 Å². The number of nitrogens with zero attached hydrogens (tertiary/aromatic N) is 1. The fourth-order valence-corrected chi connectivity index (χ4v) is 4.11. The molecule has 0 aliphatic carbocycles. The minimum Gasteiger partial charge on any atom is -0.504 e. The second-order valence-corrected chi connectivity index (χ2v) is 8.84. The average Bonchev–Trinajstić information content (AvgIpc) is 2.69. The molecule has 150 valence electrons. The maximum absolute atomic E-state index is 12.7. The maximum atomic E-state index is 12.7. The molecular weight excluding hydrogens is 456 g/mol. The number of hydrogen-bond acceptors (Lipinski definition) is 5. The minimum absolute atomic E-state index is 0.0582. The Hall–Kier alpha value is -2.84. The van der Waals surface area contributed by atoms with Crippen molar-refractivity contribution >= 4 is 43.5 Å². The van der Waals surface area contributed by atoms with E-state index in [-0.39, 0.29) is 10.6 Å². The molecule has 29 heavy (non-hydrogen) atoms. The quantitative estimate of drug-likeness (QED) is 0.490. The second kappa shape index (κ2) is 8.67. The van der Waals surface area contributed by atoms with Crippen molar-refractivity contribution in [3.63, 3.8) is 0 Å². The molecule has 0 amide bonds. The number of aliphatic imine (C=N–C) groups is 1. The smallest absolute Gasteiger partial charge is 0.261 e. The Kier molecular flexibility index (Phi) is 6.24. The highest BCUT2D eigenvalue weighted by molar-refractivity contribution is 9.10. The van der Waals surface area contributed by atoms with Crippen molar-refractivity contribution in [1.29, 1.82) is 0 Å². The van der Waals surface area contributed by atoms with Crippen LogP contribution >= 0.6 is 15.9 Å². The summed E-state index contributed by atoms with van der Waals surface area (Å²) in [5, 5.41) is 10.3. The molecule has 0 aromatic heterocycles. The van der Waals surface area contributed by atoms with Crippen molar-refractivity contribution in [1.82, 2.24) is 0 Å². The van der Waals surface area contributed by atoms with Gasteiger partial charge in [-0.3, -0.25) is 9.71 Å². The lowest BCUT2D eigenvalue weighted by Gasteiger charge is -2.11. The van der Waals surface area contributed by atoms with Gasteiger partial charge in [-0.15, -0.1) is 0 Å². The summed E-state index contributed by atoms with van der Waals surface area (Å²) in [6.45, 7) is 1.89. The number of methoxy groups -OCH3 is 1. The Bertz CT molecular complexity index is 1160. The lowest BCUT2D eigenvalue weighted by atomic mass is 10.2. The summed E-state index contributed by atoms with van der Waals surface area (Å²) in [5.74, 6) is 0.242. The van der Waals surface area contributed by atoms with E-state index < -0.39 is 10.0 Å². The molecule has 0 bridgehead atoms. The molecule has 3 rings (SSSR count). The van der Waals surface area contributed by atoms with Crippen LogP contribution in [-0.4, -0.2) is 26.8 Å². The molecule has 0 saturated heterocycles. The van der Waals surface area contributed by atoms with Gasteiger partial charge in [-0.25, -0.2) is 8.42 Å². The van der Waals surface area contributed by atoms with Gasteiger partial charge in [0, 0.05) is 16.3 Å². The van der Waals surface area contributed by atoms with Gasteiger partial charge in [-0.2, -0.15) is 0 Å². The maximum Gasteiger partial charge on any atom is 0.261 e. The van der Waals surface area contributed by atoms with Gasteiger partial charge in [-0.1, -0.05) is 45.8 Å². The van der Waals surface area contributed by atoms with E-state index >= 15 is 0 Å². The number of rotatable bonds is 6. The zero-order chi connectivity index (χ0) is 21.0. The molecule has 0 heterocycles. The summed E-state index contributed by atoms with van der Waals surface area (Å²) in [4.78, 5) is 4.52. The van der Waals surface area contributed by atoms with E-state index in [9.17, 15) is 13.5 Å². The van der Waals surface area contributed by atoms with Crippen LogP contribution in [0.1, 0.15) is 11.1 Å². The Balaban J connectivity index is 1.93. The number of aryl methyl sites for hydroxylation is 1. The third-order valence-corrected chi connectivity index (χ3v) is 5.95. The summed E-state index contributed by atoms with van der Waals surface area (Å²) in [5.41, 5.74) is 2.12. The van der Waals surface area contributed by atoms with Gasteiger partial charge in [0.2, 0.25) is 0 Å². The summed E-state index contributed by atoms with van der Waals surface area (Å²) in [6, 6.07) is 16.7. The second-order valence-electron chi connectivity index (χ2n) is 6.24. The third kappa shape index (κ3) is 4.96. The minimum atomic E-state index is -3.76. The molecule has 3 aromatic rings. The van der Waals surface area contributed by atoms with Crippen LogP contribution in [0, 0.1) is 6.92 Å². The van der Waals surface area contributed by atoms with Crippen LogP contribution in [0.25, 0.3) is 0 Å². The van der Waals surface area contributed by atoms with Gasteiger partial charge in [0.1, 0.15) is 0 Å². The van der Waals surface area contributed by atoms with Crippen molar-refractivity contribution < 1.29 is 18.3 Å². The molecule has 0 unspecified atom stereocenters. The standard InChI is InChI=1S/C21H19BrN2O4S/c1-14-7-9-17(10-8-14)29(26,27)24-19-6-4-3-5-18(19)23-13-15-11-16(22)12-20(28-2)21(15)25/h3-13,24-25H,1-2H3. The first-order valence-electron chi connectivity index (χ1n) is 8.59. The first kappa shape index (κ1) is 20.9. The molecule has 0 fully saturated rings. The van der Waals surface area contributed by atoms with Crippen molar-refractivity contribution in [2.75, 3.05) is 11.8 Å². The number of hydrogen-bond donors (Lipinski definition) is 2. The van der Waals surface area contributed by atoms with Crippen molar-refractivity contribution in [3.8, 4) is 11.5 Å². The van der Waals surface area contributed by atoms with E-state index in [2.05, 4.69) is 25.6 Å². The van der Waals surface area contributed by atoms with E-state index in [1.807, 2.05) is 6.92 Å². The topological polar surface area (TPSA) is 88.0 Å². The van der Waals surface area contributed by atoms with E-state index in [1.165, 1.54) is 13.3 Å². The highest BCUT2D eigenvalue weighted by atomic mass is 79.9. The SMILES string of the molecule is COc1cc(Br)cc(C=Nc2ccccc2NS(=O)(=O)c2ccc(C)cc2)c1O. The Morgan fingerprint density at radius 1 is 1.10 bits per heavy atom. The number of para-hydroxylation sites is 2. The van der Waals surface area contributed by atoms with Crippen molar-refractivity contribution in [2.45, 2.75) is 11.8 Å². The summed E-state index contributed by atoms with van der Waals surface area (Å²) >= 11 is 3.35. The molecule has 6 nitrogen and oxygen atoms in total. The highest BCUT2D eigenvalue weighted by Gasteiger charge is 2.15. The van der Waals surface area contributed by atoms with Gasteiger partial charge >= 0.3 is 0 Å². The molecule has 2 N–H and O–H groups in total. The van der Waals surface area contributed by atoms with Crippen LogP contribution in [-0.2, 0) is 10.0 Å². The van der Waals surface area contributed by atoms with Gasteiger partial charge < -0.3 is 9.84 Å². The molecule has 0 aliphatic heterocycles. The molecule has 8 heteroatoms. The fraction of sp³-hybridized carbons (Fsp3) is 0.0952. The molecule has 0 saturated carbocycles. The van der Waals surface area contributed by atoms with Crippen LogP contribution in [0.5, 0.6) is 11.5 Å². The third-order valence-electron chi connectivity index (χ3n) is 4.11. The van der Waals surface area contributed by atoms with Gasteiger partial charge in [0.15, 0.2) is 11.5 Å². The number of ether oxygens (including phenoxy) is 1. The van der Waals surface area contributed by atoms with Crippen LogP contribution in [0.4, 0.5) is 11.4 Å². The van der Waals surface area contributed by atoms with E-state index in [4.69, 9.17) is 4.74 Å². The van der Waals surface area contributed by atoms with Crippen LogP contribution < -0.4 is 9.46 Å². The predicted molar refractivity (Wildman–Crippen MR) is 118 cm³/mol. The summed E-state index contributed by atoms with van der Waals surface area (Å²) in [6.07, 6.45) is 1.45. The van der Waals surface area contributed by atoms with Crippen molar-refractivity contribution in [3.05, 3.63) is 76.3 Å². The van der Waals surface area contributed by atoms with Gasteiger partial charge in [0.25, 0.3) is 10.0 Å². The van der Waals surface area contributed by atoms with E-state index in [1.54, 1.807) is 60.7 Å². The van der Waals surface area contributed by atoms with E-state index in [0.717, 1.165) is 5.56 Å². The Labute approximate surface area is 178 Å². The Morgan fingerprint density at radius 3 is 2.48 bits per heavy atom. The zero-order valence-electron chi connectivity index (χ0n) is 15.8. The fourth-order valence-electron chi connectivity index (χ4n) is 2.58. The number of sulfonamides is 1. The number of nitrogens with one attached hydrogen (secondary N) is 1. The number of phenols is 1. The largest absolute Gasteiger partial charge is 0.504 e. The highest BCUT2D eigenvalue weighted by Crippen LogP contribution is 2.33. The first-order chi connectivity index (χ1) is 13.8. The lowest BCUT2D eigenvalue weighted by Crippen LogP contribution is -2.13. The molecular formula is C21H19BrN2O4S. The van der Waals surface area contributed by atoms with Crippen LogP contribution in [0.2, 0.25) is 0 Å². The number of aromatic hydroxyl groups is 1. The molecule has 0 radical (unpaired) electrons. The van der Waals surface area contributed by atoms with E-state index in [0.29, 0.717) is 27.2 Å². The van der Waals surface area contributed by atoms with Crippen LogP contribution in [0.3, 0.4) is 0 Å². The van der Waals surface area contributed by atoms with Crippen LogP contribution in [0.15, 0.2) is 75.0 Å². The number of anilines is 1. The molecule has 0 atom stereocenters. The number of benzene rings is 3.